The van der Waals surface area contributed by atoms with Crippen molar-refractivity contribution in [2.75, 3.05) is 0 Å². The Hall–Kier alpha value is -1.84. The molecule has 0 atom stereocenters. The second-order valence-corrected chi connectivity index (χ2v) is 7.86. The lowest BCUT2D eigenvalue weighted by atomic mass is 9.48. The number of H-pyrrole nitrogens is 1. The zero-order valence-electron chi connectivity index (χ0n) is 12.6. The Bertz CT molecular complexity index is 740. The van der Waals surface area contributed by atoms with Crippen LogP contribution in [0, 0.1) is 17.8 Å². The minimum Gasteiger partial charge on any atom is -0.364 e. The van der Waals surface area contributed by atoms with Gasteiger partial charge in [-0.05, 0) is 73.3 Å². The van der Waals surface area contributed by atoms with Crippen molar-refractivity contribution < 1.29 is 4.79 Å². The first kappa shape index (κ1) is 12.7. The second kappa shape index (κ2) is 4.12. The van der Waals surface area contributed by atoms with Gasteiger partial charge in [0.2, 0.25) is 0 Å². The number of primary amides is 1. The number of aromatic nitrogens is 2. The van der Waals surface area contributed by atoms with E-state index in [0.29, 0.717) is 5.69 Å². The van der Waals surface area contributed by atoms with Crippen LogP contribution in [-0.2, 0) is 5.41 Å². The van der Waals surface area contributed by atoms with Crippen molar-refractivity contribution in [3.63, 3.8) is 0 Å². The normalized spacial score (nSPS) is 36.1. The maximum absolute atomic E-state index is 11.8. The molecule has 0 radical (unpaired) electrons. The highest BCUT2D eigenvalue weighted by Gasteiger charge is 2.52. The van der Waals surface area contributed by atoms with Crippen LogP contribution in [-0.4, -0.2) is 16.1 Å². The minimum atomic E-state index is -0.427. The number of fused-ring (bicyclic) bond motifs is 1. The minimum absolute atomic E-state index is 0.252. The number of benzene rings is 1. The van der Waals surface area contributed by atoms with Crippen LogP contribution >= 0.6 is 0 Å². The lowest BCUT2D eigenvalue weighted by Crippen LogP contribution is -2.48. The molecule has 1 heterocycles. The number of carbonyl (C=O) groups is 1. The van der Waals surface area contributed by atoms with Crippen molar-refractivity contribution in [2.24, 2.45) is 23.5 Å². The molecule has 0 aliphatic heterocycles. The number of rotatable bonds is 2. The molecule has 4 bridgehead atoms. The first-order valence-electron chi connectivity index (χ1n) is 8.42. The van der Waals surface area contributed by atoms with Crippen LogP contribution in [0.25, 0.3) is 10.9 Å². The molecule has 4 fully saturated rings. The van der Waals surface area contributed by atoms with Crippen molar-refractivity contribution in [1.82, 2.24) is 10.2 Å². The van der Waals surface area contributed by atoms with E-state index in [1.54, 1.807) is 0 Å². The van der Waals surface area contributed by atoms with Gasteiger partial charge in [-0.1, -0.05) is 12.1 Å². The molecule has 114 valence electrons. The van der Waals surface area contributed by atoms with Gasteiger partial charge in [0.05, 0.1) is 5.52 Å². The first-order valence-corrected chi connectivity index (χ1v) is 8.42. The molecular formula is C18H21N3O. The molecule has 0 unspecified atom stereocenters. The van der Waals surface area contributed by atoms with Crippen molar-refractivity contribution >= 4 is 16.8 Å². The molecule has 4 aliphatic carbocycles. The largest absolute Gasteiger partial charge is 0.364 e. The molecule has 0 saturated heterocycles. The van der Waals surface area contributed by atoms with Gasteiger partial charge in [0.15, 0.2) is 5.69 Å². The van der Waals surface area contributed by atoms with Crippen molar-refractivity contribution in [3.8, 4) is 0 Å². The summed E-state index contributed by atoms with van der Waals surface area (Å²) in [4.78, 5) is 11.8. The number of nitrogens with two attached hydrogens (primary N) is 1. The Morgan fingerprint density at radius 2 is 1.77 bits per heavy atom. The Morgan fingerprint density at radius 3 is 2.36 bits per heavy atom. The standard InChI is InChI=1S/C18H21N3O/c19-17(22)16-15-13(2-1-3-14(15)20-21-16)18-7-10-4-11(8-18)6-12(5-10)9-18/h1-3,10-12H,4-9H2,(H2,19,22)(H,20,21). The lowest BCUT2D eigenvalue weighted by molar-refractivity contribution is -0.00450. The number of hydrogen-bond donors (Lipinski definition) is 2. The summed E-state index contributed by atoms with van der Waals surface area (Å²) in [5, 5.41) is 8.16. The molecule has 4 saturated carbocycles. The summed E-state index contributed by atoms with van der Waals surface area (Å²) in [6, 6.07) is 6.31. The van der Waals surface area contributed by atoms with Gasteiger partial charge >= 0.3 is 0 Å². The third kappa shape index (κ3) is 1.58. The van der Waals surface area contributed by atoms with E-state index in [1.807, 2.05) is 6.07 Å². The fourth-order valence-electron chi connectivity index (χ4n) is 6.13. The van der Waals surface area contributed by atoms with E-state index >= 15 is 0 Å². The molecule has 2 aromatic rings. The number of amides is 1. The predicted molar refractivity (Wildman–Crippen MR) is 84.5 cm³/mol. The molecule has 4 heteroatoms. The van der Waals surface area contributed by atoms with Gasteiger partial charge in [-0.25, -0.2) is 0 Å². The molecular weight excluding hydrogens is 274 g/mol. The maximum Gasteiger partial charge on any atom is 0.269 e. The maximum atomic E-state index is 11.8. The summed E-state index contributed by atoms with van der Waals surface area (Å²) in [5.74, 6) is 2.21. The topological polar surface area (TPSA) is 71.8 Å². The third-order valence-electron chi connectivity index (χ3n) is 6.43. The van der Waals surface area contributed by atoms with E-state index in [0.717, 1.165) is 28.7 Å². The van der Waals surface area contributed by atoms with Gasteiger partial charge < -0.3 is 5.73 Å². The van der Waals surface area contributed by atoms with Crippen molar-refractivity contribution in [3.05, 3.63) is 29.5 Å². The summed E-state index contributed by atoms with van der Waals surface area (Å²) in [6.07, 6.45) is 8.10. The molecule has 0 spiro atoms. The molecule has 1 aromatic heterocycles. The number of nitrogens with one attached hydrogen (secondary N) is 1. The summed E-state index contributed by atoms with van der Waals surface area (Å²) in [6.45, 7) is 0. The molecule has 4 nitrogen and oxygen atoms in total. The van der Waals surface area contributed by atoms with Crippen LogP contribution < -0.4 is 5.73 Å². The van der Waals surface area contributed by atoms with Crippen LogP contribution in [0.3, 0.4) is 0 Å². The number of aromatic amines is 1. The van der Waals surface area contributed by atoms with Crippen LogP contribution in [0.4, 0.5) is 0 Å². The van der Waals surface area contributed by atoms with E-state index in [4.69, 9.17) is 5.73 Å². The van der Waals surface area contributed by atoms with Gasteiger partial charge in [-0.3, -0.25) is 9.89 Å². The van der Waals surface area contributed by atoms with E-state index in [9.17, 15) is 4.79 Å². The summed E-state index contributed by atoms with van der Waals surface area (Å²) in [5.41, 5.74) is 8.51. The van der Waals surface area contributed by atoms with Crippen LogP contribution in [0.2, 0.25) is 0 Å². The molecule has 22 heavy (non-hydrogen) atoms. The van der Waals surface area contributed by atoms with Crippen molar-refractivity contribution in [1.29, 1.82) is 0 Å². The summed E-state index contributed by atoms with van der Waals surface area (Å²) in [7, 11) is 0. The third-order valence-corrected chi connectivity index (χ3v) is 6.43. The number of hydrogen-bond acceptors (Lipinski definition) is 2. The predicted octanol–water partition coefficient (Wildman–Crippen LogP) is 3.13. The van der Waals surface area contributed by atoms with E-state index < -0.39 is 5.91 Å². The Labute approximate surface area is 129 Å². The molecule has 1 aromatic carbocycles. The summed E-state index contributed by atoms with van der Waals surface area (Å²) >= 11 is 0. The van der Waals surface area contributed by atoms with E-state index in [1.165, 1.54) is 44.1 Å². The Kier molecular flexibility index (Phi) is 2.37. The highest BCUT2D eigenvalue weighted by Crippen LogP contribution is 2.61. The van der Waals surface area contributed by atoms with E-state index in [-0.39, 0.29) is 5.41 Å². The van der Waals surface area contributed by atoms with Crippen LogP contribution in [0.1, 0.15) is 54.6 Å². The van der Waals surface area contributed by atoms with Crippen LogP contribution in [0.15, 0.2) is 18.2 Å². The van der Waals surface area contributed by atoms with Gasteiger partial charge in [0, 0.05) is 5.39 Å². The quantitative estimate of drug-likeness (QED) is 0.893. The van der Waals surface area contributed by atoms with Gasteiger partial charge in [-0.15, -0.1) is 0 Å². The molecule has 6 rings (SSSR count). The van der Waals surface area contributed by atoms with Gasteiger partial charge in [0.25, 0.3) is 5.91 Å². The smallest absolute Gasteiger partial charge is 0.269 e. The molecule has 3 N–H and O–H groups in total. The highest BCUT2D eigenvalue weighted by atomic mass is 16.1. The van der Waals surface area contributed by atoms with Gasteiger partial charge in [-0.2, -0.15) is 5.10 Å². The monoisotopic (exact) mass is 295 g/mol. The fraction of sp³-hybridized carbons (Fsp3) is 0.556. The van der Waals surface area contributed by atoms with Gasteiger partial charge in [0.1, 0.15) is 0 Å². The zero-order valence-corrected chi connectivity index (χ0v) is 12.6. The lowest BCUT2D eigenvalue weighted by Gasteiger charge is -2.57. The molecule has 1 amide bonds. The average molecular weight is 295 g/mol. The Morgan fingerprint density at radius 1 is 1.14 bits per heavy atom. The molecule has 4 aliphatic rings. The van der Waals surface area contributed by atoms with Crippen LogP contribution in [0.5, 0.6) is 0 Å². The second-order valence-electron chi connectivity index (χ2n) is 7.86. The first-order chi connectivity index (χ1) is 10.6. The fourth-order valence-corrected chi connectivity index (χ4v) is 6.13. The SMILES string of the molecule is NC(=O)c1n[nH]c2cccc(C34CC5CC(CC(C5)C3)C4)c12. The number of nitrogens with zero attached hydrogens (tertiary/aromatic N) is 1. The summed E-state index contributed by atoms with van der Waals surface area (Å²) < 4.78 is 0. The highest BCUT2D eigenvalue weighted by molar-refractivity contribution is 6.05. The zero-order chi connectivity index (χ0) is 14.9. The Balaban J connectivity index is 1.74. The average Bonchev–Trinajstić information content (AvgIpc) is 2.89. The van der Waals surface area contributed by atoms with E-state index in [2.05, 4.69) is 22.3 Å². The number of carbonyl (C=O) groups excluding carboxylic acids is 1. The van der Waals surface area contributed by atoms with Crippen molar-refractivity contribution in [2.45, 2.75) is 43.9 Å².